The van der Waals surface area contributed by atoms with E-state index in [1.165, 1.54) is 27.1 Å². The molecule has 10 rings (SSSR count). The van der Waals surface area contributed by atoms with Gasteiger partial charge in [-0.25, -0.2) is 9.97 Å². The fourth-order valence-electron chi connectivity index (χ4n) is 7.44. The van der Waals surface area contributed by atoms with Crippen LogP contribution in [-0.2, 0) is 0 Å². The average molecular weight is 651 g/mol. The number of nitrogens with zero attached hydrogens (tertiary/aromatic N) is 4. The second-order valence-electron chi connectivity index (χ2n) is 12.9. The molecule has 238 valence electrons. The minimum Gasteiger partial charge on any atom is -0.309 e. The lowest BCUT2D eigenvalue weighted by Gasteiger charge is -2.12. The van der Waals surface area contributed by atoms with E-state index in [-0.39, 0.29) is 0 Å². The SMILES string of the molecule is c1ccc(-c2nc(-c3ccc(-n4c5ccccc5c5cc(-c6cccc7cccnc67)ccc54)cc3)cc(-c3cccc4ccccc34)n2)cc1. The summed E-state index contributed by atoms with van der Waals surface area (Å²) in [5.41, 5.74) is 11.6. The van der Waals surface area contributed by atoms with E-state index in [0.29, 0.717) is 5.82 Å². The van der Waals surface area contributed by atoms with Crippen LogP contribution >= 0.6 is 0 Å². The number of fused-ring (bicyclic) bond motifs is 5. The van der Waals surface area contributed by atoms with E-state index >= 15 is 0 Å². The lowest BCUT2D eigenvalue weighted by molar-refractivity contribution is 1.17. The molecule has 0 fully saturated rings. The van der Waals surface area contributed by atoms with Gasteiger partial charge in [-0.3, -0.25) is 4.98 Å². The largest absolute Gasteiger partial charge is 0.309 e. The van der Waals surface area contributed by atoms with Crippen LogP contribution < -0.4 is 0 Å². The molecule has 10 aromatic rings. The molecule has 0 bridgehead atoms. The molecule has 4 nitrogen and oxygen atoms in total. The third kappa shape index (κ3) is 4.96. The Balaban J connectivity index is 1.10. The minimum absolute atomic E-state index is 0.708. The summed E-state index contributed by atoms with van der Waals surface area (Å²) in [6.45, 7) is 0. The molecule has 0 aliphatic carbocycles. The van der Waals surface area contributed by atoms with Crippen molar-refractivity contribution in [2.75, 3.05) is 0 Å². The molecule has 3 heterocycles. The van der Waals surface area contributed by atoms with Crippen molar-refractivity contribution in [1.29, 1.82) is 0 Å². The zero-order valence-corrected chi connectivity index (χ0v) is 27.6. The molecule has 0 saturated carbocycles. The Morgan fingerprint density at radius 2 is 1.06 bits per heavy atom. The van der Waals surface area contributed by atoms with E-state index in [9.17, 15) is 0 Å². The first-order valence-electron chi connectivity index (χ1n) is 17.2. The van der Waals surface area contributed by atoms with Crippen LogP contribution in [0.5, 0.6) is 0 Å². The van der Waals surface area contributed by atoms with Gasteiger partial charge < -0.3 is 4.57 Å². The Labute approximate surface area is 295 Å². The Bertz CT molecular complexity index is 2900. The first-order valence-corrected chi connectivity index (χ1v) is 17.2. The number of aromatic nitrogens is 4. The first-order chi connectivity index (χ1) is 25.3. The monoisotopic (exact) mass is 650 g/mol. The maximum atomic E-state index is 5.11. The molecule has 4 heteroatoms. The Morgan fingerprint density at radius 1 is 0.392 bits per heavy atom. The molecule has 0 unspecified atom stereocenters. The van der Waals surface area contributed by atoms with Crippen LogP contribution in [0.25, 0.3) is 94.2 Å². The number of hydrogen-bond donors (Lipinski definition) is 0. The second kappa shape index (κ2) is 11.9. The van der Waals surface area contributed by atoms with Crippen molar-refractivity contribution in [1.82, 2.24) is 19.5 Å². The van der Waals surface area contributed by atoms with Gasteiger partial charge in [0.1, 0.15) is 0 Å². The Morgan fingerprint density at radius 3 is 1.94 bits per heavy atom. The van der Waals surface area contributed by atoms with Gasteiger partial charge in [0, 0.05) is 50.3 Å². The van der Waals surface area contributed by atoms with Crippen molar-refractivity contribution in [3.05, 3.63) is 182 Å². The molecule has 3 aromatic heterocycles. The third-order valence-corrected chi connectivity index (χ3v) is 9.86. The van der Waals surface area contributed by atoms with Gasteiger partial charge in [-0.05, 0) is 58.8 Å². The second-order valence-corrected chi connectivity index (χ2v) is 12.9. The van der Waals surface area contributed by atoms with E-state index in [1.807, 2.05) is 30.5 Å². The normalized spacial score (nSPS) is 11.5. The summed E-state index contributed by atoms with van der Waals surface area (Å²) in [5.74, 6) is 0.708. The van der Waals surface area contributed by atoms with Gasteiger partial charge in [0.2, 0.25) is 0 Å². The van der Waals surface area contributed by atoms with E-state index < -0.39 is 0 Å². The van der Waals surface area contributed by atoms with Crippen LogP contribution in [0.2, 0.25) is 0 Å². The molecule has 0 aliphatic rings. The predicted octanol–water partition coefficient (Wildman–Crippen LogP) is 11.9. The van der Waals surface area contributed by atoms with Crippen LogP contribution in [0.4, 0.5) is 0 Å². The van der Waals surface area contributed by atoms with Crippen molar-refractivity contribution in [3.8, 4) is 50.7 Å². The Hall–Kier alpha value is -6.91. The van der Waals surface area contributed by atoms with Crippen molar-refractivity contribution in [2.24, 2.45) is 0 Å². The first kappa shape index (κ1) is 29.0. The van der Waals surface area contributed by atoms with Crippen molar-refractivity contribution in [2.45, 2.75) is 0 Å². The van der Waals surface area contributed by atoms with Crippen LogP contribution in [0.1, 0.15) is 0 Å². The fourth-order valence-corrected chi connectivity index (χ4v) is 7.44. The van der Waals surface area contributed by atoms with E-state index in [4.69, 9.17) is 15.0 Å². The quantitative estimate of drug-likeness (QED) is 0.186. The van der Waals surface area contributed by atoms with Gasteiger partial charge in [0.15, 0.2) is 5.82 Å². The summed E-state index contributed by atoms with van der Waals surface area (Å²) in [5, 5.41) is 5.93. The van der Waals surface area contributed by atoms with Crippen LogP contribution in [-0.4, -0.2) is 19.5 Å². The summed E-state index contributed by atoms with van der Waals surface area (Å²) in [4.78, 5) is 14.9. The molecule has 0 aliphatic heterocycles. The molecule has 51 heavy (non-hydrogen) atoms. The lowest BCUT2D eigenvalue weighted by Crippen LogP contribution is -1.97. The molecule has 0 spiro atoms. The van der Waals surface area contributed by atoms with E-state index in [1.54, 1.807) is 0 Å². The standard InChI is InChI=1S/C47H30N4/c1-2-12-34(13-3-1)47-49-42(30-43(50-47)39-20-8-14-31-11-4-5-17-37(31)39)32-22-25-36(26-23-32)51-44-21-7-6-18-40(44)41-29-35(24-27-45(41)51)38-19-9-15-33-16-10-28-48-46(33)38/h1-30H. The molecular formula is C47H30N4. The summed E-state index contributed by atoms with van der Waals surface area (Å²) < 4.78 is 2.36. The highest BCUT2D eigenvalue weighted by atomic mass is 15.0. The van der Waals surface area contributed by atoms with Crippen LogP contribution in [0, 0.1) is 0 Å². The molecule has 0 saturated heterocycles. The smallest absolute Gasteiger partial charge is 0.160 e. The van der Waals surface area contributed by atoms with Crippen molar-refractivity contribution >= 4 is 43.5 Å². The number of para-hydroxylation sites is 2. The molecule has 7 aromatic carbocycles. The van der Waals surface area contributed by atoms with Crippen molar-refractivity contribution < 1.29 is 0 Å². The van der Waals surface area contributed by atoms with Gasteiger partial charge in [0.25, 0.3) is 0 Å². The number of pyridine rings is 1. The highest BCUT2D eigenvalue weighted by Gasteiger charge is 2.16. The summed E-state index contributed by atoms with van der Waals surface area (Å²) in [6.07, 6.45) is 1.87. The van der Waals surface area contributed by atoms with Crippen LogP contribution in [0.15, 0.2) is 182 Å². The highest BCUT2D eigenvalue weighted by Crippen LogP contribution is 2.37. The van der Waals surface area contributed by atoms with Gasteiger partial charge >= 0.3 is 0 Å². The molecule has 0 atom stereocenters. The van der Waals surface area contributed by atoms with Crippen molar-refractivity contribution in [3.63, 3.8) is 0 Å². The van der Waals surface area contributed by atoms with E-state index in [0.717, 1.165) is 61.3 Å². The summed E-state index contributed by atoms with van der Waals surface area (Å²) >= 11 is 0. The number of benzene rings is 7. The van der Waals surface area contributed by atoms with E-state index in [2.05, 4.69) is 156 Å². The van der Waals surface area contributed by atoms with Gasteiger partial charge in [-0.2, -0.15) is 0 Å². The van der Waals surface area contributed by atoms with Gasteiger partial charge in [-0.15, -0.1) is 0 Å². The molecular weight excluding hydrogens is 621 g/mol. The molecule has 0 radical (unpaired) electrons. The number of hydrogen-bond acceptors (Lipinski definition) is 3. The topological polar surface area (TPSA) is 43.6 Å². The maximum Gasteiger partial charge on any atom is 0.160 e. The molecule has 0 N–H and O–H groups in total. The Kier molecular flexibility index (Phi) is 6.78. The highest BCUT2D eigenvalue weighted by molar-refractivity contribution is 6.11. The fraction of sp³-hybridized carbons (Fsp3) is 0. The van der Waals surface area contributed by atoms with Crippen LogP contribution in [0.3, 0.4) is 0 Å². The zero-order chi connectivity index (χ0) is 33.7. The number of rotatable bonds is 5. The summed E-state index contributed by atoms with van der Waals surface area (Å²) in [7, 11) is 0. The average Bonchev–Trinajstić information content (AvgIpc) is 3.54. The van der Waals surface area contributed by atoms with Gasteiger partial charge in [-0.1, -0.05) is 133 Å². The lowest BCUT2D eigenvalue weighted by atomic mass is 10.00. The summed E-state index contributed by atoms with van der Waals surface area (Å²) in [6, 6.07) is 61.9. The third-order valence-electron chi connectivity index (χ3n) is 9.86. The predicted molar refractivity (Wildman–Crippen MR) is 211 cm³/mol. The maximum absolute atomic E-state index is 5.11. The molecule has 0 amide bonds. The minimum atomic E-state index is 0.708. The zero-order valence-electron chi connectivity index (χ0n) is 27.6. The van der Waals surface area contributed by atoms with Gasteiger partial charge in [0.05, 0.1) is 27.9 Å².